The first-order chi connectivity index (χ1) is 11.3. The molecule has 3 fully saturated rings. The van der Waals surface area contributed by atoms with E-state index < -0.39 is 15.5 Å². The smallest absolute Gasteiger partial charge is 0.146 e. The van der Waals surface area contributed by atoms with Gasteiger partial charge in [-0.1, -0.05) is 0 Å². The van der Waals surface area contributed by atoms with Crippen molar-refractivity contribution in [3.8, 4) is 5.81 Å². The van der Waals surface area contributed by atoms with Gasteiger partial charge < -0.3 is 0 Å². The Labute approximate surface area is 144 Å². The Morgan fingerprint density at radius 2 is 0.800 bits per heavy atom. The van der Waals surface area contributed by atoms with Gasteiger partial charge in [0.15, 0.2) is 0 Å². The molecule has 3 heterocycles. The summed E-state index contributed by atoms with van der Waals surface area (Å²) in [5.41, 5.74) is 0. The van der Waals surface area contributed by atoms with Crippen LogP contribution in [-0.4, -0.2) is 53.3 Å². The van der Waals surface area contributed by atoms with Crippen LogP contribution >= 0.6 is 15.5 Å². The number of hydrogen-bond acceptors (Lipinski definition) is 4. The monoisotopic (exact) mass is 412 g/mol. The van der Waals surface area contributed by atoms with Crippen molar-refractivity contribution in [2.45, 2.75) is 38.5 Å². The third-order valence-corrected chi connectivity index (χ3v) is 8.40. The van der Waals surface area contributed by atoms with Crippen molar-refractivity contribution >= 4 is 15.5 Å². The summed E-state index contributed by atoms with van der Waals surface area (Å²) >= 11 is 0. The summed E-state index contributed by atoms with van der Waals surface area (Å²) in [6.07, 6.45) is 7.70. The molecule has 3 saturated heterocycles. The second-order valence-corrected chi connectivity index (χ2v) is 11.6. The van der Waals surface area contributed by atoms with Crippen molar-refractivity contribution in [2.24, 2.45) is 0 Å². The minimum atomic E-state index is -10.7. The molecule has 25 heavy (non-hydrogen) atoms. The Balaban J connectivity index is 0.000000277. The molecule has 0 aromatic heterocycles. The quantitative estimate of drug-likeness (QED) is 0.427. The first-order valence-electron chi connectivity index (χ1n) is 8.46. The number of halogens is 6. The van der Waals surface area contributed by atoms with Gasteiger partial charge in [-0.15, -0.1) is 19.3 Å². The Hall–Kier alpha value is -0.190. The van der Waals surface area contributed by atoms with Crippen LogP contribution in [0.3, 0.4) is 0 Å². The van der Waals surface area contributed by atoms with Gasteiger partial charge in [-0.2, -0.15) is 0 Å². The maximum Gasteiger partial charge on any atom is 0.338 e. The number of rotatable bonds is 3. The summed E-state index contributed by atoms with van der Waals surface area (Å²) in [4.78, 5) is 0. The normalized spacial score (nSPS) is 26.6. The summed E-state index contributed by atoms with van der Waals surface area (Å²) in [6.45, 7) is 6.88. The molecule has 0 bridgehead atoms. The summed E-state index contributed by atoms with van der Waals surface area (Å²) in [6, 6.07) is 0. The van der Waals surface area contributed by atoms with E-state index in [4.69, 9.17) is 0 Å². The van der Waals surface area contributed by atoms with E-state index in [1.165, 1.54) is 38.5 Å². The van der Waals surface area contributed by atoms with Crippen LogP contribution in [0.2, 0.25) is 0 Å². The second-order valence-electron chi connectivity index (χ2n) is 6.61. The van der Waals surface area contributed by atoms with Crippen LogP contribution in [0.1, 0.15) is 38.5 Å². The third-order valence-electron chi connectivity index (χ3n) is 4.56. The van der Waals surface area contributed by atoms with Gasteiger partial charge in [0.2, 0.25) is 0 Å². The fourth-order valence-corrected chi connectivity index (χ4v) is 7.64. The minimum Gasteiger partial charge on any atom is -0.146 e. The largest absolute Gasteiger partial charge is 0.338 e. The maximum absolute atomic E-state index is 10.7. The molecule has 12 heteroatoms. The van der Waals surface area contributed by atoms with Crippen LogP contribution in [0.25, 0.3) is 0 Å². The molecule has 0 N–H and O–H groups in total. The zero-order valence-corrected chi connectivity index (χ0v) is 15.7. The van der Waals surface area contributed by atoms with Gasteiger partial charge in [0, 0.05) is 39.3 Å². The van der Waals surface area contributed by atoms with E-state index in [1.807, 2.05) is 0 Å². The molecule has 0 atom stereocenters. The fraction of sp³-hybridized carbons (Fsp3) is 0.923. The Morgan fingerprint density at radius 1 is 0.600 bits per heavy atom. The molecule has 0 radical (unpaired) electrons. The van der Waals surface area contributed by atoms with Crippen molar-refractivity contribution in [1.82, 2.24) is 14.0 Å². The van der Waals surface area contributed by atoms with Crippen LogP contribution in [0, 0.1) is 11.1 Å². The zero-order chi connectivity index (χ0) is 18.8. The van der Waals surface area contributed by atoms with Crippen LogP contribution < -0.4 is 0 Å². The van der Waals surface area contributed by atoms with E-state index in [0.717, 1.165) is 39.3 Å². The van der Waals surface area contributed by atoms with E-state index in [-0.39, 0.29) is 0 Å². The molecule has 0 aromatic rings. The first kappa shape index (κ1) is 21.1. The van der Waals surface area contributed by atoms with Gasteiger partial charge in [-0.3, -0.25) is 0 Å². The molecule has 0 amide bonds. The first-order valence-corrected chi connectivity index (χ1v) is 12.1. The molecule has 0 aromatic carbocycles. The molecule has 3 aliphatic heterocycles. The van der Waals surface area contributed by atoms with Crippen LogP contribution in [0.4, 0.5) is 25.2 Å². The Bertz CT molecular complexity index is 450. The Morgan fingerprint density at radius 3 is 0.960 bits per heavy atom. The van der Waals surface area contributed by atoms with Gasteiger partial charge in [-0.25, -0.2) is 0 Å². The average molecular weight is 412 g/mol. The van der Waals surface area contributed by atoms with Crippen LogP contribution in [0.15, 0.2) is 0 Å². The van der Waals surface area contributed by atoms with Gasteiger partial charge >= 0.3 is 40.7 Å². The Kier molecular flexibility index (Phi) is 5.71. The molecular weight excluding hydrogens is 388 g/mol. The van der Waals surface area contributed by atoms with E-state index in [0.29, 0.717) is 0 Å². The molecule has 3 rings (SSSR count). The van der Waals surface area contributed by atoms with Crippen molar-refractivity contribution in [3.05, 3.63) is 0 Å². The minimum absolute atomic E-state index is 1.15. The number of nitrogens with zero attached hydrogens (tertiary/aromatic N) is 4. The molecule has 3 aliphatic rings. The van der Waals surface area contributed by atoms with Gasteiger partial charge in [0.25, 0.3) is 5.81 Å². The molecule has 148 valence electrons. The molecule has 0 saturated carbocycles. The zero-order valence-electron chi connectivity index (χ0n) is 13.9. The number of hydrogen-bond donors (Lipinski definition) is 0. The number of nitriles is 1. The summed E-state index contributed by atoms with van der Waals surface area (Å²) in [5.74, 6) is 2.83. The van der Waals surface area contributed by atoms with Gasteiger partial charge in [-0.05, 0) is 38.5 Å². The van der Waals surface area contributed by atoms with Crippen molar-refractivity contribution in [1.29, 1.82) is 5.26 Å². The van der Waals surface area contributed by atoms with Gasteiger partial charge in [0.05, 0.1) is 0 Å². The molecule has 4 nitrogen and oxygen atoms in total. The molecular formula is C13H24F6N4P2. The summed E-state index contributed by atoms with van der Waals surface area (Å²) in [5, 5.41) is 10.0. The fourth-order valence-electron chi connectivity index (χ4n) is 3.66. The summed E-state index contributed by atoms with van der Waals surface area (Å²) in [7, 11) is -12.5. The summed E-state index contributed by atoms with van der Waals surface area (Å²) < 4.78 is 66.9. The molecule has 0 aliphatic carbocycles. The van der Waals surface area contributed by atoms with E-state index in [9.17, 15) is 30.4 Å². The SMILES string of the molecule is F[P-](F)(F)(F)(F)F.N#C[P+](N1CCCC1)(N1CCCC1)N1CCCC1. The van der Waals surface area contributed by atoms with Crippen molar-refractivity contribution in [2.75, 3.05) is 39.3 Å². The van der Waals surface area contributed by atoms with E-state index in [1.54, 1.807) is 0 Å². The predicted octanol–water partition coefficient (Wildman–Crippen LogP) is 5.90. The third kappa shape index (κ3) is 6.48. The maximum atomic E-state index is 10.0. The van der Waals surface area contributed by atoms with E-state index >= 15 is 0 Å². The molecule has 0 spiro atoms. The van der Waals surface area contributed by atoms with Crippen LogP contribution in [0.5, 0.6) is 0 Å². The standard InChI is InChI=1S/C13H24N4P.F6P/c14-13-18(15-7-1-2-8-15,16-9-3-4-10-16)17-11-5-6-12-17;1-7(2,3,4,5)6/h1-12H2;/q+1;-1. The predicted molar refractivity (Wildman–Crippen MR) is 88.5 cm³/mol. The topological polar surface area (TPSA) is 33.5 Å². The molecule has 0 unspecified atom stereocenters. The van der Waals surface area contributed by atoms with Gasteiger partial charge in [0.1, 0.15) is 0 Å². The second kappa shape index (κ2) is 6.76. The van der Waals surface area contributed by atoms with Crippen molar-refractivity contribution in [3.63, 3.8) is 0 Å². The van der Waals surface area contributed by atoms with Crippen molar-refractivity contribution < 1.29 is 25.2 Å². The average Bonchev–Trinajstić information content (AvgIpc) is 3.22. The van der Waals surface area contributed by atoms with Crippen LogP contribution in [-0.2, 0) is 0 Å². The van der Waals surface area contributed by atoms with E-state index in [2.05, 4.69) is 19.8 Å².